The molecule has 0 bridgehead atoms. The third-order valence-electron chi connectivity index (χ3n) is 4.22. The average molecular weight is 447 g/mol. The number of methoxy groups -OCH3 is 1. The van der Waals surface area contributed by atoms with Gasteiger partial charge in [-0.15, -0.1) is 0 Å². The fourth-order valence-electron chi connectivity index (χ4n) is 2.79. The van der Waals surface area contributed by atoms with Crippen molar-refractivity contribution in [3.63, 3.8) is 0 Å². The molecule has 0 aromatic heterocycles. The van der Waals surface area contributed by atoms with Crippen molar-refractivity contribution < 1.29 is 31.5 Å². The van der Waals surface area contributed by atoms with Crippen LogP contribution in [0.3, 0.4) is 0 Å². The monoisotopic (exact) mass is 446 g/mol. The predicted octanol–water partition coefficient (Wildman–Crippen LogP) is 2.95. The molecule has 1 aliphatic heterocycles. The van der Waals surface area contributed by atoms with Crippen LogP contribution in [-0.4, -0.2) is 40.7 Å². The lowest BCUT2D eigenvalue weighted by atomic mass is 10.1. The third-order valence-corrected chi connectivity index (χ3v) is 5.96. The van der Waals surface area contributed by atoms with Gasteiger partial charge in [-0.2, -0.15) is 0 Å². The van der Waals surface area contributed by atoms with Crippen LogP contribution in [0.5, 0.6) is 5.75 Å². The van der Waals surface area contributed by atoms with Gasteiger partial charge in [0.25, 0.3) is 5.91 Å². The molecule has 1 amide bonds. The zero-order valence-corrected chi connectivity index (χ0v) is 16.7. The number of halogens is 3. The number of carbonyl (C=O) groups is 1. The van der Waals surface area contributed by atoms with Gasteiger partial charge in [0.2, 0.25) is 10.0 Å². The number of benzene rings is 2. The molecule has 3 rings (SSSR count). The molecule has 2 N–H and O–H groups in total. The summed E-state index contributed by atoms with van der Waals surface area (Å²) in [4.78, 5) is 12.4. The quantitative estimate of drug-likeness (QED) is 0.711. The number of sulfonamides is 1. The Bertz CT molecular complexity index is 1020. The van der Waals surface area contributed by atoms with Gasteiger partial charge in [-0.1, -0.05) is 11.6 Å². The Morgan fingerprint density at radius 3 is 2.52 bits per heavy atom. The molecular formula is C18H17ClF2N2O5S. The van der Waals surface area contributed by atoms with E-state index in [0.717, 1.165) is 18.2 Å². The molecule has 11 heteroatoms. The van der Waals surface area contributed by atoms with E-state index in [9.17, 15) is 22.0 Å². The first-order chi connectivity index (χ1) is 13.7. The van der Waals surface area contributed by atoms with Crippen LogP contribution in [0.1, 0.15) is 16.8 Å². The summed E-state index contributed by atoms with van der Waals surface area (Å²) in [6.45, 7) is 0.694. The normalized spacial score (nSPS) is 16.6. The van der Waals surface area contributed by atoms with E-state index in [1.165, 1.54) is 19.2 Å². The second-order valence-electron chi connectivity index (χ2n) is 6.24. The molecule has 1 aliphatic rings. The Balaban J connectivity index is 1.92. The Morgan fingerprint density at radius 1 is 1.24 bits per heavy atom. The maximum Gasteiger partial charge on any atom is 0.259 e. The lowest BCUT2D eigenvalue weighted by molar-refractivity contribution is 0.102. The molecule has 0 aliphatic carbocycles. The minimum Gasteiger partial charge on any atom is -0.496 e. The van der Waals surface area contributed by atoms with Crippen LogP contribution in [0.4, 0.5) is 14.5 Å². The summed E-state index contributed by atoms with van der Waals surface area (Å²) in [5.74, 6) is -3.08. The molecule has 0 unspecified atom stereocenters. The molecule has 0 saturated carbocycles. The predicted molar refractivity (Wildman–Crippen MR) is 102 cm³/mol. The summed E-state index contributed by atoms with van der Waals surface area (Å²) in [7, 11) is -2.68. The van der Waals surface area contributed by atoms with Gasteiger partial charge < -0.3 is 14.8 Å². The minimum absolute atomic E-state index is 0.0282. The lowest BCUT2D eigenvalue weighted by Gasteiger charge is -2.14. The van der Waals surface area contributed by atoms with Gasteiger partial charge in [0.15, 0.2) is 11.6 Å². The summed E-state index contributed by atoms with van der Waals surface area (Å²) in [6.07, 6.45) is 0.526. The van der Waals surface area contributed by atoms with E-state index in [2.05, 4.69) is 10.0 Å². The van der Waals surface area contributed by atoms with Crippen molar-refractivity contribution in [2.24, 2.45) is 0 Å². The van der Waals surface area contributed by atoms with E-state index < -0.39 is 33.3 Å². The van der Waals surface area contributed by atoms with Crippen LogP contribution < -0.4 is 14.8 Å². The number of hydrogen-bond acceptors (Lipinski definition) is 5. The standard InChI is InChI=1S/C18H17ClF2N2O5S/c1-27-16-3-2-12(29(25,26)23-11-4-5-28-9-11)8-13(16)18(24)22-17-14(20)6-10(19)7-15(17)21/h2-3,6-8,11,23H,4-5,9H2,1H3,(H,22,24)/t11-/m0/s1. The second-order valence-corrected chi connectivity index (χ2v) is 8.39. The Morgan fingerprint density at radius 2 is 1.93 bits per heavy atom. The first kappa shape index (κ1) is 21.4. The van der Waals surface area contributed by atoms with Crippen LogP contribution in [-0.2, 0) is 14.8 Å². The summed E-state index contributed by atoms with van der Waals surface area (Å²) < 4.78 is 65.9. The molecule has 0 radical (unpaired) electrons. The van der Waals surface area contributed by atoms with E-state index in [1.54, 1.807) is 0 Å². The molecule has 29 heavy (non-hydrogen) atoms. The molecule has 2 aromatic carbocycles. The largest absolute Gasteiger partial charge is 0.496 e. The zero-order chi connectivity index (χ0) is 21.2. The van der Waals surface area contributed by atoms with Crippen molar-refractivity contribution in [2.45, 2.75) is 17.4 Å². The maximum atomic E-state index is 14.0. The number of hydrogen-bond donors (Lipinski definition) is 2. The number of ether oxygens (including phenoxy) is 2. The highest BCUT2D eigenvalue weighted by Gasteiger charge is 2.26. The number of anilines is 1. The molecular weight excluding hydrogens is 430 g/mol. The fraction of sp³-hybridized carbons (Fsp3) is 0.278. The molecule has 1 atom stereocenters. The van der Waals surface area contributed by atoms with E-state index in [4.69, 9.17) is 21.1 Å². The van der Waals surface area contributed by atoms with Crippen LogP contribution in [0.15, 0.2) is 35.2 Å². The Labute approximate surface area is 171 Å². The van der Waals surface area contributed by atoms with Gasteiger partial charge >= 0.3 is 0 Å². The van der Waals surface area contributed by atoms with Gasteiger partial charge in [-0.05, 0) is 36.8 Å². The highest BCUT2D eigenvalue weighted by atomic mass is 35.5. The zero-order valence-electron chi connectivity index (χ0n) is 15.2. The van der Waals surface area contributed by atoms with Gasteiger partial charge in [-0.3, -0.25) is 4.79 Å². The SMILES string of the molecule is COc1ccc(S(=O)(=O)N[C@H]2CCOC2)cc1C(=O)Nc1c(F)cc(Cl)cc1F. The molecule has 1 heterocycles. The Kier molecular flexibility index (Phi) is 6.37. The van der Waals surface area contributed by atoms with E-state index in [-0.39, 0.29) is 33.9 Å². The molecule has 2 aromatic rings. The Hall–Kier alpha value is -2.27. The minimum atomic E-state index is -3.95. The molecule has 0 spiro atoms. The van der Waals surface area contributed by atoms with Gasteiger partial charge in [0.05, 0.1) is 24.2 Å². The van der Waals surface area contributed by atoms with E-state index in [0.29, 0.717) is 13.0 Å². The highest BCUT2D eigenvalue weighted by Crippen LogP contribution is 2.27. The van der Waals surface area contributed by atoms with Crippen LogP contribution in [0, 0.1) is 11.6 Å². The molecule has 7 nitrogen and oxygen atoms in total. The topological polar surface area (TPSA) is 93.7 Å². The van der Waals surface area contributed by atoms with E-state index in [1.807, 2.05) is 0 Å². The molecule has 156 valence electrons. The summed E-state index contributed by atoms with van der Waals surface area (Å²) in [5, 5.41) is 1.91. The van der Waals surface area contributed by atoms with Crippen molar-refractivity contribution in [1.82, 2.24) is 4.72 Å². The highest BCUT2D eigenvalue weighted by molar-refractivity contribution is 7.89. The van der Waals surface area contributed by atoms with Crippen molar-refractivity contribution >= 4 is 33.2 Å². The van der Waals surface area contributed by atoms with Crippen LogP contribution in [0.2, 0.25) is 5.02 Å². The van der Waals surface area contributed by atoms with Crippen LogP contribution >= 0.6 is 11.6 Å². The summed E-state index contributed by atoms with van der Waals surface area (Å²) in [5.41, 5.74) is -0.928. The first-order valence-electron chi connectivity index (χ1n) is 8.45. The van der Waals surface area contributed by atoms with Gasteiger partial charge in [0, 0.05) is 17.7 Å². The van der Waals surface area contributed by atoms with E-state index >= 15 is 0 Å². The van der Waals surface area contributed by atoms with Gasteiger partial charge in [-0.25, -0.2) is 21.9 Å². The molecule has 1 fully saturated rings. The smallest absolute Gasteiger partial charge is 0.259 e. The fourth-order valence-corrected chi connectivity index (χ4v) is 4.26. The van der Waals surface area contributed by atoms with Gasteiger partial charge in [0.1, 0.15) is 11.4 Å². The summed E-state index contributed by atoms with van der Waals surface area (Å²) >= 11 is 5.57. The van der Waals surface area contributed by atoms with Crippen molar-refractivity contribution in [3.05, 3.63) is 52.6 Å². The maximum absolute atomic E-state index is 14.0. The molecule has 1 saturated heterocycles. The summed E-state index contributed by atoms with van der Waals surface area (Å²) in [6, 6.07) is 4.91. The average Bonchev–Trinajstić information content (AvgIpc) is 3.16. The number of carbonyl (C=O) groups excluding carboxylic acids is 1. The van der Waals surface area contributed by atoms with Crippen molar-refractivity contribution in [1.29, 1.82) is 0 Å². The van der Waals surface area contributed by atoms with Crippen LogP contribution in [0.25, 0.3) is 0 Å². The number of rotatable bonds is 6. The van der Waals surface area contributed by atoms with Crippen molar-refractivity contribution in [3.8, 4) is 5.75 Å². The number of nitrogens with one attached hydrogen (secondary N) is 2. The lowest BCUT2D eigenvalue weighted by Crippen LogP contribution is -2.35. The third kappa shape index (κ3) is 4.84. The second kappa shape index (κ2) is 8.62. The number of amides is 1. The van der Waals surface area contributed by atoms with Crippen molar-refractivity contribution in [2.75, 3.05) is 25.6 Å². The first-order valence-corrected chi connectivity index (χ1v) is 10.3.